The smallest absolute Gasteiger partial charge is 0.249 e. The normalized spacial score (nSPS) is 21.2. The zero-order valence-electron chi connectivity index (χ0n) is 14.8. The first-order valence-corrected chi connectivity index (χ1v) is 8.16. The van der Waals surface area contributed by atoms with Gasteiger partial charge in [0, 0.05) is 6.92 Å². The van der Waals surface area contributed by atoms with Crippen molar-refractivity contribution in [1.82, 2.24) is 10.2 Å². The highest BCUT2D eigenvalue weighted by Crippen LogP contribution is 2.59. The molecule has 1 amide bonds. The minimum atomic E-state index is -0.0233. The van der Waals surface area contributed by atoms with E-state index < -0.39 is 0 Å². The molecule has 1 aromatic carbocycles. The van der Waals surface area contributed by atoms with E-state index in [0.29, 0.717) is 17.5 Å². The van der Waals surface area contributed by atoms with Gasteiger partial charge in [-0.25, -0.2) is 0 Å². The quantitative estimate of drug-likeness (QED) is 0.855. The van der Waals surface area contributed by atoms with Crippen molar-refractivity contribution in [2.75, 3.05) is 5.32 Å². The maximum absolute atomic E-state index is 12.8. The molecule has 1 aromatic heterocycles. The number of benzene rings is 1. The Kier molecular flexibility index (Phi) is 4.03. The zero-order valence-corrected chi connectivity index (χ0v) is 14.8. The van der Waals surface area contributed by atoms with Crippen LogP contribution in [0.2, 0.25) is 0 Å². The van der Waals surface area contributed by atoms with Crippen molar-refractivity contribution >= 4 is 11.6 Å². The summed E-state index contributed by atoms with van der Waals surface area (Å²) in [5, 5.41) is 11.0. The van der Waals surface area contributed by atoms with Crippen LogP contribution in [-0.2, 0) is 4.79 Å². The molecular weight excluding hydrogens is 302 g/mol. The predicted octanol–water partition coefficient (Wildman–Crippen LogP) is 4.22. The molecule has 0 saturated heterocycles. The van der Waals surface area contributed by atoms with E-state index in [4.69, 9.17) is 4.42 Å². The first-order chi connectivity index (χ1) is 11.3. The van der Waals surface area contributed by atoms with E-state index in [1.807, 2.05) is 24.3 Å². The number of para-hydroxylation sites is 1. The van der Waals surface area contributed by atoms with Crippen LogP contribution in [0.5, 0.6) is 0 Å². The lowest BCUT2D eigenvalue weighted by Crippen LogP contribution is -2.17. The maximum Gasteiger partial charge on any atom is 0.249 e. The fourth-order valence-electron chi connectivity index (χ4n) is 3.24. The third-order valence-electron chi connectivity index (χ3n) is 4.65. The summed E-state index contributed by atoms with van der Waals surface area (Å²) in [4.78, 5) is 12.8. The standard InChI is InChI=1S/C19H23N3O2/c1-11(2)10-14-16(19(14,4)5)17(23)20-15-9-7-6-8-13(15)18-22-21-12(3)24-18/h6-10,14,16H,1-5H3,(H,20,23). The van der Waals surface area contributed by atoms with Gasteiger partial charge in [0.25, 0.3) is 0 Å². The van der Waals surface area contributed by atoms with Crippen LogP contribution in [0.15, 0.2) is 40.3 Å². The molecule has 5 nitrogen and oxygen atoms in total. The number of aryl methyl sites for hydroxylation is 1. The van der Waals surface area contributed by atoms with Crippen molar-refractivity contribution in [3.8, 4) is 11.5 Å². The van der Waals surface area contributed by atoms with Crippen molar-refractivity contribution in [3.05, 3.63) is 41.8 Å². The van der Waals surface area contributed by atoms with Crippen molar-refractivity contribution in [2.45, 2.75) is 34.6 Å². The monoisotopic (exact) mass is 325 g/mol. The molecule has 0 bridgehead atoms. The van der Waals surface area contributed by atoms with E-state index in [2.05, 4.69) is 49.3 Å². The highest BCUT2D eigenvalue weighted by molar-refractivity contribution is 5.98. The molecule has 2 unspecified atom stereocenters. The molecule has 0 spiro atoms. The van der Waals surface area contributed by atoms with E-state index in [1.165, 1.54) is 5.57 Å². The highest BCUT2D eigenvalue weighted by Gasteiger charge is 2.60. The number of amides is 1. The minimum absolute atomic E-state index is 0.0165. The van der Waals surface area contributed by atoms with E-state index >= 15 is 0 Å². The van der Waals surface area contributed by atoms with Gasteiger partial charge in [0.05, 0.1) is 17.2 Å². The molecule has 24 heavy (non-hydrogen) atoms. The van der Waals surface area contributed by atoms with Crippen LogP contribution in [0.25, 0.3) is 11.5 Å². The Morgan fingerprint density at radius 2 is 1.96 bits per heavy atom. The van der Waals surface area contributed by atoms with Gasteiger partial charge in [-0.05, 0) is 37.3 Å². The molecule has 1 heterocycles. The third kappa shape index (κ3) is 2.98. The molecule has 2 aromatic rings. The summed E-state index contributed by atoms with van der Waals surface area (Å²) in [7, 11) is 0. The Morgan fingerprint density at radius 3 is 2.58 bits per heavy atom. The first-order valence-electron chi connectivity index (χ1n) is 8.16. The molecule has 0 aliphatic heterocycles. The van der Waals surface area contributed by atoms with Crippen LogP contribution in [-0.4, -0.2) is 16.1 Å². The average Bonchev–Trinajstić information content (AvgIpc) is 2.82. The van der Waals surface area contributed by atoms with Crippen molar-refractivity contribution in [2.24, 2.45) is 17.3 Å². The molecule has 5 heteroatoms. The summed E-state index contributed by atoms with van der Waals surface area (Å²) in [5.74, 6) is 1.20. The van der Waals surface area contributed by atoms with Gasteiger partial charge in [-0.2, -0.15) is 0 Å². The van der Waals surface area contributed by atoms with Crippen LogP contribution >= 0.6 is 0 Å². The predicted molar refractivity (Wildman–Crippen MR) is 93.3 cm³/mol. The third-order valence-corrected chi connectivity index (χ3v) is 4.65. The van der Waals surface area contributed by atoms with E-state index in [9.17, 15) is 4.79 Å². The Hall–Kier alpha value is -2.43. The largest absolute Gasteiger partial charge is 0.421 e. The molecule has 1 aliphatic carbocycles. The number of hydrogen-bond donors (Lipinski definition) is 1. The molecule has 1 N–H and O–H groups in total. The maximum atomic E-state index is 12.8. The Labute approximate surface area is 142 Å². The number of anilines is 1. The van der Waals surface area contributed by atoms with Crippen LogP contribution in [0.4, 0.5) is 5.69 Å². The lowest BCUT2D eigenvalue weighted by atomic mass is 10.1. The number of nitrogens with zero attached hydrogens (tertiary/aromatic N) is 2. The lowest BCUT2D eigenvalue weighted by Gasteiger charge is -2.09. The molecule has 1 saturated carbocycles. The lowest BCUT2D eigenvalue weighted by molar-refractivity contribution is -0.118. The van der Waals surface area contributed by atoms with Crippen molar-refractivity contribution in [1.29, 1.82) is 0 Å². The van der Waals surface area contributed by atoms with Gasteiger partial charge in [-0.1, -0.05) is 37.6 Å². The van der Waals surface area contributed by atoms with Gasteiger partial charge >= 0.3 is 0 Å². The first kappa shape index (κ1) is 16.4. The summed E-state index contributed by atoms with van der Waals surface area (Å²) >= 11 is 0. The summed E-state index contributed by atoms with van der Waals surface area (Å²) in [6.07, 6.45) is 2.19. The number of rotatable bonds is 4. The van der Waals surface area contributed by atoms with E-state index in [0.717, 1.165) is 5.56 Å². The van der Waals surface area contributed by atoms with Gasteiger partial charge in [0.2, 0.25) is 17.7 Å². The number of nitrogens with one attached hydrogen (secondary N) is 1. The summed E-state index contributed by atoms with van der Waals surface area (Å²) in [5.41, 5.74) is 2.66. The number of carbonyl (C=O) groups excluding carboxylic acids is 1. The summed E-state index contributed by atoms with van der Waals surface area (Å²) in [6.45, 7) is 10.1. The number of hydrogen-bond acceptors (Lipinski definition) is 4. The van der Waals surface area contributed by atoms with Crippen LogP contribution in [0.1, 0.15) is 33.6 Å². The van der Waals surface area contributed by atoms with Gasteiger partial charge in [-0.15, -0.1) is 10.2 Å². The Morgan fingerprint density at radius 1 is 1.25 bits per heavy atom. The average molecular weight is 325 g/mol. The fourth-order valence-corrected chi connectivity index (χ4v) is 3.24. The molecule has 1 aliphatic rings. The summed E-state index contributed by atoms with van der Waals surface area (Å²) in [6, 6.07) is 7.50. The molecule has 3 rings (SSSR count). The SMILES string of the molecule is CC(C)=CC1C(C(=O)Nc2ccccc2-c2nnc(C)o2)C1(C)C. The number of carbonyl (C=O) groups is 1. The number of aromatic nitrogens is 2. The summed E-state index contributed by atoms with van der Waals surface area (Å²) < 4.78 is 5.50. The molecular formula is C19H23N3O2. The molecule has 126 valence electrons. The highest BCUT2D eigenvalue weighted by atomic mass is 16.4. The zero-order chi connectivity index (χ0) is 17.5. The van der Waals surface area contributed by atoms with Gasteiger partial charge in [0.15, 0.2) is 0 Å². The van der Waals surface area contributed by atoms with Gasteiger partial charge in [0.1, 0.15) is 0 Å². The topological polar surface area (TPSA) is 68.0 Å². The van der Waals surface area contributed by atoms with Crippen LogP contribution in [0, 0.1) is 24.2 Å². The van der Waals surface area contributed by atoms with Crippen molar-refractivity contribution < 1.29 is 9.21 Å². The van der Waals surface area contributed by atoms with Crippen molar-refractivity contribution in [3.63, 3.8) is 0 Å². The second kappa shape index (κ2) is 5.89. The van der Waals surface area contributed by atoms with Crippen LogP contribution in [0.3, 0.4) is 0 Å². The molecule has 2 atom stereocenters. The Balaban J connectivity index is 1.83. The van der Waals surface area contributed by atoms with Gasteiger partial charge in [-0.3, -0.25) is 4.79 Å². The number of allylic oxidation sites excluding steroid dienone is 2. The fraction of sp³-hybridized carbons (Fsp3) is 0.421. The second-order valence-electron chi connectivity index (χ2n) is 7.23. The minimum Gasteiger partial charge on any atom is -0.421 e. The molecule has 0 radical (unpaired) electrons. The Bertz CT molecular complexity index is 800. The van der Waals surface area contributed by atoms with E-state index in [-0.39, 0.29) is 23.2 Å². The van der Waals surface area contributed by atoms with Crippen LogP contribution < -0.4 is 5.32 Å². The van der Waals surface area contributed by atoms with Gasteiger partial charge < -0.3 is 9.73 Å². The molecule has 1 fully saturated rings. The van der Waals surface area contributed by atoms with E-state index in [1.54, 1.807) is 6.92 Å². The second-order valence-corrected chi connectivity index (χ2v) is 7.23.